The number of aromatic nitrogens is 3. The summed E-state index contributed by atoms with van der Waals surface area (Å²) < 4.78 is 79.8. The van der Waals surface area contributed by atoms with Crippen LogP contribution in [0.1, 0.15) is 70.4 Å². The molecule has 19 heteroatoms. The Kier molecular flexibility index (Phi) is 10.5. The van der Waals surface area contributed by atoms with E-state index in [1.807, 2.05) is 12.2 Å². The summed E-state index contributed by atoms with van der Waals surface area (Å²) in [6.45, 7) is 2.19. The number of fused-ring (bicyclic) bond motifs is 2. The second-order valence-corrected chi connectivity index (χ2v) is 18.8. The van der Waals surface area contributed by atoms with Gasteiger partial charge in [0.25, 0.3) is 0 Å². The molecule has 13 nitrogen and oxygen atoms in total. The lowest BCUT2D eigenvalue weighted by molar-refractivity contribution is -0.140. The number of thiazole rings is 1. The predicted molar refractivity (Wildman–Crippen MR) is 198 cm³/mol. The molecule has 0 radical (unpaired) electrons. The van der Waals surface area contributed by atoms with Gasteiger partial charge in [-0.3, -0.25) is 14.3 Å². The Morgan fingerprint density at radius 2 is 1.89 bits per heavy atom. The van der Waals surface area contributed by atoms with Gasteiger partial charge >= 0.3 is 12.2 Å². The second-order valence-electron chi connectivity index (χ2n) is 14.9. The largest absolute Gasteiger partial charge is 0.495 e. The van der Waals surface area contributed by atoms with Crippen molar-refractivity contribution < 1.29 is 45.4 Å². The van der Waals surface area contributed by atoms with Gasteiger partial charge in [-0.05, 0) is 62.8 Å². The Labute approximate surface area is 324 Å². The van der Waals surface area contributed by atoms with Crippen LogP contribution in [0.4, 0.5) is 18.0 Å². The summed E-state index contributed by atoms with van der Waals surface area (Å²) in [7, 11) is -0.808. The van der Waals surface area contributed by atoms with E-state index < -0.39 is 55.9 Å². The monoisotopic (exact) mass is 822 g/mol. The van der Waals surface area contributed by atoms with Crippen molar-refractivity contribution >= 4 is 50.4 Å². The second kappa shape index (κ2) is 14.8. The van der Waals surface area contributed by atoms with Crippen molar-refractivity contribution in [3.05, 3.63) is 40.7 Å². The van der Waals surface area contributed by atoms with Gasteiger partial charge in [-0.25, -0.2) is 23.2 Å². The lowest BCUT2D eigenvalue weighted by Crippen LogP contribution is -2.56. The minimum Gasteiger partial charge on any atom is -0.495 e. The molecule has 0 bridgehead atoms. The normalized spacial score (nSPS) is 26.3. The number of sulfonamides is 1. The van der Waals surface area contributed by atoms with Gasteiger partial charge in [-0.2, -0.15) is 18.2 Å². The molecule has 55 heavy (non-hydrogen) atoms. The summed E-state index contributed by atoms with van der Waals surface area (Å²) in [5.74, 6) is -1.04. The van der Waals surface area contributed by atoms with E-state index in [0.29, 0.717) is 55.0 Å². The highest BCUT2D eigenvalue weighted by atomic mass is 32.2. The Balaban J connectivity index is 1.19. The lowest BCUT2D eigenvalue weighted by Gasteiger charge is -2.40. The zero-order chi connectivity index (χ0) is 39.3. The van der Waals surface area contributed by atoms with Crippen molar-refractivity contribution in [3.63, 3.8) is 0 Å². The van der Waals surface area contributed by atoms with E-state index in [2.05, 4.69) is 19.7 Å². The molecular weight excluding hydrogens is 782 g/mol. The van der Waals surface area contributed by atoms with Gasteiger partial charge in [0.2, 0.25) is 21.8 Å². The van der Waals surface area contributed by atoms with Gasteiger partial charge in [0.15, 0.2) is 22.3 Å². The van der Waals surface area contributed by atoms with Gasteiger partial charge in [0.05, 0.1) is 33.9 Å². The molecule has 2 aliphatic heterocycles. The first-order valence-corrected chi connectivity index (χ1v) is 21.3. The van der Waals surface area contributed by atoms with E-state index in [0.717, 1.165) is 29.6 Å². The quantitative estimate of drug-likeness (QED) is 0.255. The van der Waals surface area contributed by atoms with Gasteiger partial charge in [0.1, 0.15) is 11.9 Å². The van der Waals surface area contributed by atoms with Crippen LogP contribution < -0.4 is 14.2 Å². The van der Waals surface area contributed by atoms with Crippen LogP contribution in [0.5, 0.6) is 11.6 Å². The molecule has 296 valence electrons. The number of nitrogens with zero attached hydrogens (tertiary/aromatic N) is 5. The number of alkyl halides is 3. The van der Waals surface area contributed by atoms with Crippen molar-refractivity contribution in [3.8, 4) is 33.0 Å². The number of halogens is 3. The van der Waals surface area contributed by atoms with Crippen molar-refractivity contribution in [1.82, 2.24) is 29.5 Å². The molecule has 0 spiro atoms. The van der Waals surface area contributed by atoms with Crippen molar-refractivity contribution in [2.75, 3.05) is 27.2 Å². The third-order valence-corrected chi connectivity index (χ3v) is 14.9. The third-order valence-electron chi connectivity index (χ3n) is 10.9. The number of hydrogen-bond donors (Lipinski definition) is 1. The SMILES string of the molecule is COc1ccsc1-c1cc(O[C@H]2CCN3C(=O)N(C)CCCC/C=C\[C@@H]4C[C@@]4(C(=O)NS(=O)(=O)C4(C)CC4)CC(=O)[C@@H]3C2)nc(-c2nc(C(F)(F)F)cs2)n1. The first-order valence-electron chi connectivity index (χ1n) is 18.0. The van der Waals surface area contributed by atoms with Crippen LogP contribution in [0.15, 0.2) is 35.0 Å². The summed E-state index contributed by atoms with van der Waals surface area (Å²) in [5, 5.41) is 2.59. The molecule has 4 aliphatic rings. The zero-order valence-electron chi connectivity index (χ0n) is 30.4. The fraction of sp³-hybridized carbons (Fsp3) is 0.556. The first kappa shape index (κ1) is 39.1. The zero-order valence-corrected chi connectivity index (χ0v) is 32.9. The van der Waals surface area contributed by atoms with Crippen LogP contribution in [0, 0.1) is 11.3 Å². The molecule has 2 saturated carbocycles. The van der Waals surface area contributed by atoms with Gasteiger partial charge < -0.3 is 19.3 Å². The smallest absolute Gasteiger partial charge is 0.434 e. The number of urea groups is 1. The van der Waals surface area contributed by atoms with E-state index in [1.165, 1.54) is 29.4 Å². The maximum Gasteiger partial charge on any atom is 0.434 e. The topological polar surface area (TPSA) is 161 Å². The van der Waals surface area contributed by atoms with Crippen LogP contribution in [0.25, 0.3) is 21.4 Å². The average Bonchev–Trinajstić information content (AvgIpc) is 3.87. The van der Waals surface area contributed by atoms with Crippen LogP contribution >= 0.6 is 22.7 Å². The Hall–Kier alpha value is -4.10. The molecule has 3 aromatic rings. The van der Waals surface area contributed by atoms with Crippen LogP contribution in [0.3, 0.4) is 0 Å². The molecule has 5 heterocycles. The molecule has 2 aliphatic carbocycles. The van der Waals surface area contributed by atoms with E-state index >= 15 is 0 Å². The average molecular weight is 823 g/mol. The fourth-order valence-electron chi connectivity index (χ4n) is 7.13. The molecule has 3 fully saturated rings. The van der Waals surface area contributed by atoms with E-state index in [9.17, 15) is 36.0 Å². The predicted octanol–water partition coefficient (Wildman–Crippen LogP) is 6.32. The molecule has 0 unspecified atom stereocenters. The van der Waals surface area contributed by atoms with Crippen LogP contribution in [-0.2, 0) is 25.8 Å². The Bertz CT molecular complexity index is 2120. The van der Waals surface area contributed by atoms with Crippen molar-refractivity contribution in [2.45, 2.75) is 87.8 Å². The number of ketones is 1. The Morgan fingerprint density at radius 3 is 2.60 bits per heavy atom. The number of hydrogen-bond acceptors (Lipinski definition) is 12. The first-order chi connectivity index (χ1) is 26.0. The molecule has 7 rings (SSSR count). The number of carbonyl (C=O) groups is 3. The van der Waals surface area contributed by atoms with E-state index in [1.54, 1.807) is 30.3 Å². The highest BCUT2D eigenvalue weighted by Gasteiger charge is 2.62. The van der Waals surface area contributed by atoms with Crippen LogP contribution in [-0.4, -0.2) is 95.0 Å². The highest BCUT2D eigenvalue weighted by molar-refractivity contribution is 7.91. The number of nitrogens with one attached hydrogen (secondary N) is 1. The molecule has 4 atom stereocenters. The standard InChI is InChI=1S/C36H41F3N6O7S3/c1-34(11-12-34)55(49,50)43-32(47)35-18-21(35)8-6-4-5-7-13-44(2)33(48)45-14-9-22(16-24(45)25(46)19-35)52-28-17-23(29-26(51-3)10-15-53-29)40-30(42-28)31-41-27(20-54-31)36(37,38)39/h6,8,10,15,17,20-22,24H,4-5,7,9,11-14,16,18-19H2,1-3H3,(H,43,47)/b8-6-/t21-,22+,24+,35-/m1/s1. The van der Waals surface area contributed by atoms with Crippen molar-refractivity contribution in [1.29, 1.82) is 0 Å². The maximum atomic E-state index is 14.4. The highest BCUT2D eigenvalue weighted by Crippen LogP contribution is 2.57. The number of allylic oxidation sites excluding steroid dienone is 2. The summed E-state index contributed by atoms with van der Waals surface area (Å²) >= 11 is 2.04. The minimum absolute atomic E-state index is 0.0245. The van der Waals surface area contributed by atoms with Gasteiger partial charge in [0, 0.05) is 50.8 Å². The number of rotatable bonds is 8. The number of carbonyl (C=O) groups excluding carboxylic acids is 3. The number of piperidine rings is 1. The number of amides is 3. The molecule has 0 aromatic carbocycles. The number of thiophene rings is 1. The van der Waals surface area contributed by atoms with E-state index in [-0.39, 0.29) is 48.0 Å². The summed E-state index contributed by atoms with van der Waals surface area (Å²) in [4.78, 5) is 58.5. The molecule has 1 N–H and O–H groups in total. The molecule has 3 amide bonds. The number of ether oxygens (including phenoxy) is 2. The third kappa shape index (κ3) is 7.96. The van der Waals surface area contributed by atoms with Crippen LogP contribution in [0.2, 0.25) is 0 Å². The van der Waals surface area contributed by atoms with E-state index in [4.69, 9.17) is 9.47 Å². The number of Topliss-reactive ketones (excluding diaryl/α,β-unsaturated/α-hetero) is 1. The maximum absolute atomic E-state index is 14.4. The minimum atomic E-state index is -4.67. The Morgan fingerprint density at radius 1 is 1.11 bits per heavy atom. The molecular formula is C36H41F3N6O7S3. The number of methoxy groups -OCH3 is 1. The van der Waals surface area contributed by atoms with Gasteiger partial charge in [-0.1, -0.05) is 12.2 Å². The summed E-state index contributed by atoms with van der Waals surface area (Å²) in [5.41, 5.74) is -2.04. The molecule has 3 aromatic heterocycles. The fourth-order valence-corrected chi connectivity index (χ4v) is 10.0. The molecule has 1 saturated heterocycles. The summed E-state index contributed by atoms with van der Waals surface area (Å²) in [6.07, 6.45) is 1.94. The summed E-state index contributed by atoms with van der Waals surface area (Å²) in [6, 6.07) is 1.90. The van der Waals surface area contributed by atoms with Crippen molar-refractivity contribution in [2.24, 2.45) is 11.3 Å². The van der Waals surface area contributed by atoms with Gasteiger partial charge in [-0.15, -0.1) is 22.7 Å². The lowest BCUT2D eigenvalue weighted by atomic mass is 9.87.